The van der Waals surface area contributed by atoms with Gasteiger partial charge in [-0.15, -0.1) is 0 Å². The van der Waals surface area contributed by atoms with E-state index in [-0.39, 0.29) is 5.92 Å². The maximum Gasteiger partial charge on any atom is 0.311 e. The SMILES string of the molecule is Cc1cc(C)c2c3ccccc3n(Cc3ccc(C(C(=O)O)C(C)C)cc3)c2n1. The summed E-state index contributed by atoms with van der Waals surface area (Å²) in [5.41, 5.74) is 6.39. The molecular weight excluding hydrogens is 360 g/mol. The summed E-state index contributed by atoms with van der Waals surface area (Å²) in [5, 5.41) is 12.0. The fourth-order valence-electron chi connectivity index (χ4n) is 4.37. The van der Waals surface area contributed by atoms with Crippen molar-refractivity contribution in [1.82, 2.24) is 9.55 Å². The molecule has 4 nitrogen and oxygen atoms in total. The summed E-state index contributed by atoms with van der Waals surface area (Å²) < 4.78 is 2.26. The first-order valence-electron chi connectivity index (χ1n) is 10.0. The summed E-state index contributed by atoms with van der Waals surface area (Å²) in [4.78, 5) is 16.5. The van der Waals surface area contributed by atoms with Crippen LogP contribution in [-0.4, -0.2) is 20.6 Å². The van der Waals surface area contributed by atoms with Crippen LogP contribution >= 0.6 is 0 Å². The van der Waals surface area contributed by atoms with Crippen LogP contribution in [0.25, 0.3) is 21.9 Å². The third-order valence-electron chi connectivity index (χ3n) is 5.66. The van der Waals surface area contributed by atoms with Gasteiger partial charge in [-0.2, -0.15) is 0 Å². The van der Waals surface area contributed by atoms with E-state index in [1.54, 1.807) is 0 Å². The first kappa shape index (κ1) is 19.2. The lowest BCUT2D eigenvalue weighted by Gasteiger charge is -2.17. The summed E-state index contributed by atoms with van der Waals surface area (Å²) in [5.74, 6) is -1.21. The van der Waals surface area contributed by atoms with E-state index in [9.17, 15) is 9.90 Å². The Morgan fingerprint density at radius 3 is 2.41 bits per heavy atom. The molecule has 29 heavy (non-hydrogen) atoms. The van der Waals surface area contributed by atoms with Crippen LogP contribution in [0.5, 0.6) is 0 Å². The number of carbonyl (C=O) groups is 1. The van der Waals surface area contributed by atoms with Crippen molar-refractivity contribution in [3.63, 3.8) is 0 Å². The molecule has 1 N–H and O–H groups in total. The molecule has 0 radical (unpaired) electrons. The quantitative estimate of drug-likeness (QED) is 0.480. The van der Waals surface area contributed by atoms with E-state index in [0.717, 1.165) is 22.5 Å². The number of aromatic nitrogens is 2. The van der Waals surface area contributed by atoms with Gasteiger partial charge in [-0.05, 0) is 48.6 Å². The summed E-state index contributed by atoms with van der Waals surface area (Å²) >= 11 is 0. The molecule has 4 rings (SSSR count). The predicted molar refractivity (Wildman–Crippen MR) is 117 cm³/mol. The number of carboxylic acid groups (broad SMARTS) is 1. The van der Waals surface area contributed by atoms with Gasteiger partial charge < -0.3 is 9.67 Å². The minimum absolute atomic E-state index is 0.0471. The van der Waals surface area contributed by atoms with Crippen LogP contribution in [0.2, 0.25) is 0 Å². The number of hydrogen-bond donors (Lipinski definition) is 1. The lowest BCUT2D eigenvalue weighted by Crippen LogP contribution is -2.17. The average Bonchev–Trinajstić information content (AvgIpc) is 2.96. The van der Waals surface area contributed by atoms with Crippen LogP contribution in [0, 0.1) is 19.8 Å². The first-order valence-corrected chi connectivity index (χ1v) is 10.0. The number of benzene rings is 2. The van der Waals surface area contributed by atoms with E-state index in [1.165, 1.54) is 21.9 Å². The molecule has 0 aliphatic heterocycles. The molecule has 0 amide bonds. The molecule has 2 aromatic carbocycles. The van der Waals surface area contributed by atoms with E-state index in [2.05, 4.69) is 41.8 Å². The molecule has 148 valence electrons. The van der Waals surface area contributed by atoms with Crippen LogP contribution in [0.4, 0.5) is 0 Å². The highest BCUT2D eigenvalue weighted by atomic mass is 16.4. The Morgan fingerprint density at radius 1 is 1.07 bits per heavy atom. The topological polar surface area (TPSA) is 55.1 Å². The summed E-state index contributed by atoms with van der Waals surface area (Å²) in [6.45, 7) is 8.75. The molecule has 1 unspecified atom stereocenters. The van der Waals surface area contributed by atoms with Gasteiger partial charge in [0, 0.05) is 23.0 Å². The molecule has 4 heteroatoms. The first-order chi connectivity index (χ1) is 13.9. The van der Waals surface area contributed by atoms with E-state index in [4.69, 9.17) is 4.98 Å². The maximum absolute atomic E-state index is 11.6. The molecule has 0 spiro atoms. The van der Waals surface area contributed by atoms with Crippen molar-refractivity contribution in [3.05, 3.63) is 77.0 Å². The second-order valence-electron chi connectivity index (χ2n) is 8.18. The molecule has 0 aliphatic carbocycles. The van der Waals surface area contributed by atoms with Crippen LogP contribution in [0.1, 0.15) is 42.1 Å². The van der Waals surface area contributed by atoms with Crippen LogP contribution < -0.4 is 0 Å². The lowest BCUT2D eigenvalue weighted by atomic mass is 9.88. The third-order valence-corrected chi connectivity index (χ3v) is 5.66. The zero-order chi connectivity index (χ0) is 20.7. The largest absolute Gasteiger partial charge is 0.481 e. The monoisotopic (exact) mass is 386 g/mol. The molecule has 0 fully saturated rings. The third kappa shape index (κ3) is 3.39. The van der Waals surface area contributed by atoms with Crippen molar-refractivity contribution < 1.29 is 9.90 Å². The van der Waals surface area contributed by atoms with Gasteiger partial charge >= 0.3 is 5.97 Å². The Balaban J connectivity index is 1.79. The number of rotatable bonds is 5. The molecular formula is C25H26N2O2. The van der Waals surface area contributed by atoms with Gasteiger partial charge in [0.15, 0.2) is 0 Å². The minimum atomic E-state index is -0.773. The van der Waals surface area contributed by atoms with Gasteiger partial charge in [0.05, 0.1) is 11.4 Å². The Bertz CT molecular complexity index is 1200. The minimum Gasteiger partial charge on any atom is -0.481 e. The van der Waals surface area contributed by atoms with Crippen molar-refractivity contribution in [3.8, 4) is 0 Å². The molecule has 0 bridgehead atoms. The van der Waals surface area contributed by atoms with Gasteiger partial charge in [0.25, 0.3) is 0 Å². The number of aryl methyl sites for hydroxylation is 2. The lowest BCUT2D eigenvalue weighted by molar-refractivity contribution is -0.139. The zero-order valence-corrected chi connectivity index (χ0v) is 17.3. The second kappa shape index (κ2) is 7.36. The smallest absolute Gasteiger partial charge is 0.311 e. The Hall–Kier alpha value is -3.14. The summed E-state index contributed by atoms with van der Waals surface area (Å²) in [6.07, 6.45) is 0. The summed E-state index contributed by atoms with van der Waals surface area (Å²) in [7, 11) is 0. The number of carboxylic acids is 1. The molecule has 2 heterocycles. The van der Waals surface area contributed by atoms with Gasteiger partial charge in [0.1, 0.15) is 5.65 Å². The van der Waals surface area contributed by atoms with Gasteiger partial charge in [-0.1, -0.05) is 56.3 Å². The molecule has 0 saturated carbocycles. The van der Waals surface area contributed by atoms with Crippen molar-refractivity contribution in [2.75, 3.05) is 0 Å². The highest BCUT2D eigenvalue weighted by molar-refractivity contribution is 6.08. The van der Waals surface area contributed by atoms with Crippen molar-refractivity contribution in [2.45, 2.75) is 40.2 Å². The Morgan fingerprint density at radius 2 is 1.76 bits per heavy atom. The van der Waals surface area contributed by atoms with E-state index in [1.807, 2.05) is 45.0 Å². The van der Waals surface area contributed by atoms with E-state index >= 15 is 0 Å². The summed E-state index contributed by atoms with van der Waals surface area (Å²) in [6, 6.07) is 18.5. The molecule has 0 saturated heterocycles. The van der Waals surface area contributed by atoms with Crippen LogP contribution in [0.15, 0.2) is 54.6 Å². The molecule has 0 aliphatic rings. The van der Waals surface area contributed by atoms with Crippen molar-refractivity contribution in [1.29, 1.82) is 0 Å². The highest BCUT2D eigenvalue weighted by Gasteiger charge is 2.23. The van der Waals surface area contributed by atoms with E-state index in [0.29, 0.717) is 6.54 Å². The van der Waals surface area contributed by atoms with E-state index < -0.39 is 11.9 Å². The molecule has 4 aromatic rings. The number of fused-ring (bicyclic) bond motifs is 3. The number of nitrogens with zero attached hydrogens (tertiary/aromatic N) is 2. The normalized spacial score (nSPS) is 12.7. The molecule has 2 aromatic heterocycles. The Labute approximate surface area is 170 Å². The Kier molecular flexibility index (Phi) is 4.87. The fourth-order valence-corrected chi connectivity index (χ4v) is 4.37. The average molecular weight is 386 g/mol. The van der Waals surface area contributed by atoms with Crippen molar-refractivity contribution >= 4 is 27.9 Å². The predicted octanol–water partition coefficient (Wildman–Crippen LogP) is 5.68. The van der Waals surface area contributed by atoms with Gasteiger partial charge in [-0.25, -0.2) is 4.98 Å². The fraction of sp³-hybridized carbons (Fsp3) is 0.280. The maximum atomic E-state index is 11.6. The number of pyridine rings is 1. The standard InChI is InChI=1S/C25H26N2O2/c1-15(2)22(25(28)29)19-11-9-18(10-12-19)14-27-21-8-6-5-7-20(21)23-16(3)13-17(4)26-24(23)27/h5-13,15,22H,14H2,1-4H3,(H,28,29). The van der Waals surface area contributed by atoms with Crippen LogP contribution in [0.3, 0.4) is 0 Å². The molecule has 1 atom stereocenters. The number of aliphatic carboxylic acids is 1. The number of hydrogen-bond acceptors (Lipinski definition) is 2. The van der Waals surface area contributed by atoms with Crippen molar-refractivity contribution in [2.24, 2.45) is 5.92 Å². The zero-order valence-electron chi connectivity index (χ0n) is 17.3. The highest BCUT2D eigenvalue weighted by Crippen LogP contribution is 2.32. The van der Waals surface area contributed by atoms with Gasteiger partial charge in [0.2, 0.25) is 0 Å². The van der Waals surface area contributed by atoms with Crippen LogP contribution in [-0.2, 0) is 11.3 Å². The number of para-hydroxylation sites is 1. The van der Waals surface area contributed by atoms with Gasteiger partial charge in [-0.3, -0.25) is 4.79 Å². The second-order valence-corrected chi connectivity index (χ2v) is 8.18.